The van der Waals surface area contributed by atoms with Gasteiger partial charge >= 0.3 is 11.9 Å². The smallest absolute Gasteiger partial charge is 0.386 e. The van der Waals surface area contributed by atoms with Crippen LogP contribution >= 0.6 is 0 Å². The number of rotatable bonds is 8. The summed E-state index contributed by atoms with van der Waals surface area (Å²) < 4.78 is 50.3. The van der Waals surface area contributed by atoms with Gasteiger partial charge in [-0.1, -0.05) is 37.5 Å². The summed E-state index contributed by atoms with van der Waals surface area (Å²) in [5, 5.41) is 21.1. The number of nitrogens with one attached hydrogen (secondary N) is 2. The number of nitrogens with zero attached hydrogens (tertiary/aromatic N) is 7. The minimum Gasteiger partial charge on any atom is -0.386 e. The van der Waals surface area contributed by atoms with Crippen molar-refractivity contribution in [2.75, 3.05) is 51.7 Å². The third-order valence-corrected chi connectivity index (χ3v) is 14.4. The van der Waals surface area contributed by atoms with E-state index in [-0.39, 0.29) is 35.2 Å². The quantitative estimate of drug-likeness (QED) is 0.143. The Labute approximate surface area is 386 Å². The maximum Gasteiger partial charge on any atom is 0.433 e. The van der Waals surface area contributed by atoms with E-state index in [4.69, 9.17) is 4.74 Å². The first kappa shape index (κ1) is 46.7. The number of fused-ring (bicyclic) bond motifs is 2. The van der Waals surface area contributed by atoms with Crippen LogP contribution in [0.2, 0.25) is 0 Å². The third-order valence-electron chi connectivity index (χ3n) is 14.4. The molecule has 5 aromatic rings. The number of amides is 3. The summed E-state index contributed by atoms with van der Waals surface area (Å²) in [5.74, 6) is -0.454. The third kappa shape index (κ3) is 9.67. The minimum absolute atomic E-state index is 0.119. The Bertz CT molecular complexity index is 2740. The summed E-state index contributed by atoms with van der Waals surface area (Å²) in [6, 6.07) is 12.3. The average molecular weight is 928 g/mol. The summed E-state index contributed by atoms with van der Waals surface area (Å²) in [6.07, 6.45) is 6.79. The highest BCUT2D eigenvalue weighted by Crippen LogP contribution is 2.40. The molecule has 0 radical (unpaired) electrons. The van der Waals surface area contributed by atoms with E-state index in [1.165, 1.54) is 24.5 Å². The number of ether oxygens (including phenoxy) is 1. The number of anilines is 1. The van der Waals surface area contributed by atoms with Crippen molar-refractivity contribution in [3.05, 3.63) is 87.7 Å². The molecular formula is C49H60F3N9O6. The first-order valence-corrected chi connectivity index (χ1v) is 23.6. The van der Waals surface area contributed by atoms with Crippen LogP contribution in [0.1, 0.15) is 123 Å². The van der Waals surface area contributed by atoms with Crippen LogP contribution in [0.25, 0.3) is 21.9 Å². The molecule has 3 N–H and O–H groups in total. The molecule has 5 fully saturated rings. The molecule has 1 spiro atoms. The second kappa shape index (κ2) is 18.2. The molecule has 2 atom stereocenters. The van der Waals surface area contributed by atoms with Crippen LogP contribution in [0.5, 0.6) is 0 Å². The first-order chi connectivity index (χ1) is 31.9. The molecule has 3 aromatic heterocycles. The zero-order valence-electron chi connectivity index (χ0n) is 38.6. The fourth-order valence-corrected chi connectivity index (χ4v) is 11.2. The number of alkyl halides is 3. The van der Waals surface area contributed by atoms with Gasteiger partial charge < -0.3 is 25.0 Å². The molecular weight excluding hydrogens is 868 g/mol. The maximum absolute atomic E-state index is 13.2. The monoisotopic (exact) mass is 927 g/mol. The number of carbonyl (C=O) groups is 3. The van der Waals surface area contributed by atoms with Gasteiger partial charge in [-0.15, -0.1) is 0 Å². The Morgan fingerprint density at radius 1 is 0.970 bits per heavy atom. The van der Waals surface area contributed by atoms with Crippen molar-refractivity contribution in [1.29, 1.82) is 0 Å². The van der Waals surface area contributed by atoms with E-state index >= 15 is 0 Å². The zero-order chi connectivity index (χ0) is 47.4. The predicted molar refractivity (Wildman–Crippen MR) is 246 cm³/mol. The first-order valence-electron chi connectivity index (χ1n) is 23.6. The van der Waals surface area contributed by atoms with Crippen LogP contribution in [0.3, 0.4) is 0 Å². The van der Waals surface area contributed by atoms with E-state index in [9.17, 15) is 37.5 Å². The Kier molecular flexibility index (Phi) is 12.7. The Morgan fingerprint density at radius 3 is 2.39 bits per heavy atom. The molecule has 358 valence electrons. The number of imidazole rings is 1. The predicted octanol–water partition coefficient (Wildman–Crippen LogP) is 6.65. The molecule has 15 nitrogen and oxygen atoms in total. The number of likely N-dealkylation sites (N-methyl/N-ethyl adjacent to an activating group) is 1. The van der Waals surface area contributed by atoms with Crippen LogP contribution in [0, 0.1) is 5.92 Å². The number of piperidine rings is 2. The number of imide groups is 1. The van der Waals surface area contributed by atoms with E-state index < -0.39 is 29.4 Å². The molecule has 4 aliphatic heterocycles. The van der Waals surface area contributed by atoms with Crippen molar-refractivity contribution in [2.24, 2.45) is 13.0 Å². The fraction of sp³-hybridized carbons (Fsp3) is 0.551. The van der Waals surface area contributed by atoms with Crippen LogP contribution in [-0.2, 0) is 33.2 Å². The van der Waals surface area contributed by atoms with Gasteiger partial charge in [0.1, 0.15) is 17.4 Å². The van der Waals surface area contributed by atoms with E-state index in [0.29, 0.717) is 41.1 Å². The number of halogens is 3. The van der Waals surface area contributed by atoms with Crippen LogP contribution in [0.4, 0.5) is 18.9 Å². The molecule has 5 aliphatic rings. The second-order valence-electron chi connectivity index (χ2n) is 20.0. The number of carbonyl (C=O) groups excluding carboxylic acids is 3. The highest BCUT2D eigenvalue weighted by Gasteiger charge is 2.48. The van der Waals surface area contributed by atoms with Crippen molar-refractivity contribution in [3.63, 3.8) is 0 Å². The highest BCUT2D eigenvalue weighted by atomic mass is 19.4. The SMILES string of the molecule is CC(C)(O)c1cc2nn(C3CCCCC3)cc2cc1NC(=O)c1cccc(C(F)(F)F)n1.CN1CC2(CC(CN3CCC(c4cccc5c4n(C)c(=O)n5C4CCC(=O)NC4=O)CC3)CO2)C1. The number of benzene rings is 2. The largest absolute Gasteiger partial charge is 0.433 e. The van der Waals surface area contributed by atoms with E-state index in [1.54, 1.807) is 42.2 Å². The van der Waals surface area contributed by atoms with Gasteiger partial charge in [0.15, 0.2) is 0 Å². The standard InChI is InChI=1S/C26H35N5O4.C23H25F3N4O2/c1-28-15-26(16-28)12-17(14-35-26)13-30-10-8-18(9-11-30)19-4-3-5-20-23(19)29(2)25(34)31(20)21-6-7-22(32)27-24(21)33;1-22(2,32)16-12-18-14(13-30(29-18)15-7-4-3-5-8-15)11-19(16)28-21(31)17-9-6-10-20(27-17)23(24,25)26/h3-5,17-18,21H,6-16H2,1-2H3,(H,27,32,33);6,9-13,15,32H,3-5,7-8H2,1-2H3,(H,28,31). The second-order valence-corrected chi connectivity index (χ2v) is 20.0. The highest BCUT2D eigenvalue weighted by molar-refractivity contribution is 6.04. The fourth-order valence-electron chi connectivity index (χ4n) is 11.2. The number of hydrogen-bond acceptors (Lipinski definition) is 10. The maximum atomic E-state index is 13.2. The van der Waals surface area contributed by atoms with Crippen molar-refractivity contribution in [3.8, 4) is 0 Å². The summed E-state index contributed by atoms with van der Waals surface area (Å²) >= 11 is 0. The Hall–Kier alpha value is -5.43. The van der Waals surface area contributed by atoms with Gasteiger partial charge in [-0.3, -0.25) is 33.5 Å². The van der Waals surface area contributed by atoms with E-state index in [2.05, 4.69) is 43.6 Å². The van der Waals surface area contributed by atoms with Gasteiger partial charge in [0.05, 0.1) is 40.4 Å². The number of aryl methyl sites for hydroxylation is 1. The van der Waals surface area contributed by atoms with Gasteiger partial charge in [0.2, 0.25) is 11.8 Å². The molecule has 1 saturated carbocycles. The normalized spacial score (nSPS) is 22.2. The van der Waals surface area contributed by atoms with Crippen molar-refractivity contribution < 1.29 is 37.4 Å². The topological polar surface area (TPSA) is 169 Å². The molecule has 1 aliphatic carbocycles. The lowest BCUT2D eigenvalue weighted by atomic mass is 9.86. The van der Waals surface area contributed by atoms with Gasteiger partial charge in [0.25, 0.3) is 5.91 Å². The van der Waals surface area contributed by atoms with Crippen molar-refractivity contribution in [2.45, 2.75) is 113 Å². The number of aliphatic hydroxyl groups is 1. The lowest BCUT2D eigenvalue weighted by molar-refractivity contribution is -0.141. The molecule has 7 heterocycles. The number of aromatic nitrogens is 5. The molecule has 10 rings (SSSR count). The number of para-hydroxylation sites is 1. The zero-order valence-corrected chi connectivity index (χ0v) is 38.6. The summed E-state index contributed by atoms with van der Waals surface area (Å²) in [4.78, 5) is 58.5. The van der Waals surface area contributed by atoms with Gasteiger partial charge in [-0.05, 0) is 120 Å². The number of hydrogen-bond donors (Lipinski definition) is 3. The lowest BCUT2D eigenvalue weighted by Crippen LogP contribution is -2.59. The van der Waals surface area contributed by atoms with Gasteiger partial charge in [0, 0.05) is 55.9 Å². The molecule has 2 aromatic carbocycles. The summed E-state index contributed by atoms with van der Waals surface area (Å²) in [7, 11) is 3.95. The Balaban J connectivity index is 0.000000169. The average Bonchev–Trinajstić information content (AvgIpc) is 3.97. The number of likely N-dealkylation sites (tertiary alicyclic amines) is 2. The summed E-state index contributed by atoms with van der Waals surface area (Å²) in [5.41, 5.74) is 1.40. The van der Waals surface area contributed by atoms with Crippen LogP contribution < -0.4 is 16.3 Å². The van der Waals surface area contributed by atoms with Crippen molar-refractivity contribution >= 4 is 45.3 Å². The molecule has 2 unspecified atom stereocenters. The van der Waals surface area contributed by atoms with E-state index in [0.717, 1.165) is 106 Å². The molecule has 3 amide bonds. The van der Waals surface area contributed by atoms with Gasteiger partial charge in [-0.2, -0.15) is 18.3 Å². The molecule has 18 heteroatoms. The number of pyridine rings is 1. The molecule has 0 bridgehead atoms. The van der Waals surface area contributed by atoms with Crippen LogP contribution in [0.15, 0.2) is 59.5 Å². The van der Waals surface area contributed by atoms with Gasteiger partial charge in [-0.25, -0.2) is 9.78 Å². The Morgan fingerprint density at radius 2 is 1.70 bits per heavy atom. The minimum atomic E-state index is -4.65. The van der Waals surface area contributed by atoms with Crippen molar-refractivity contribution in [1.82, 2.24) is 39.0 Å². The summed E-state index contributed by atoms with van der Waals surface area (Å²) in [6.45, 7) is 9.35. The molecule has 4 saturated heterocycles. The van der Waals surface area contributed by atoms with Crippen LogP contribution in [-0.4, -0.2) is 109 Å². The van der Waals surface area contributed by atoms with E-state index in [1.807, 2.05) is 23.0 Å². The molecule has 67 heavy (non-hydrogen) atoms. The lowest BCUT2D eigenvalue weighted by Gasteiger charge is -2.45.